The molecule has 1 N–H and O–H groups in total. The fraction of sp³-hybridized carbons (Fsp3) is 0.208. The van der Waals surface area contributed by atoms with Gasteiger partial charge in [0.15, 0.2) is 0 Å². The van der Waals surface area contributed by atoms with Crippen molar-refractivity contribution in [1.82, 2.24) is 0 Å². The van der Waals surface area contributed by atoms with Crippen LogP contribution in [0.3, 0.4) is 0 Å². The van der Waals surface area contributed by atoms with Crippen LogP contribution in [0.5, 0.6) is 5.75 Å². The Morgan fingerprint density at radius 3 is 2.43 bits per heavy atom. The Labute approximate surface area is 200 Å². The standard InChI is InChI=1S/C24H22F3NO6S/c1-2-13-28(35(31,32)23-4-3-14-33-23)20-11-10-19(24(25,26)27)15-21(20)34-16-18-7-5-17(6-8-18)9-12-22(29)30/h3-12,14-15H,2,13,16H2,1H3,(H,29,30)/b12-9+. The number of anilines is 1. The average molecular weight is 510 g/mol. The summed E-state index contributed by atoms with van der Waals surface area (Å²) in [4.78, 5) is 10.6. The molecule has 11 heteroatoms. The maximum atomic E-state index is 13.4. The number of sulfonamides is 1. The van der Waals surface area contributed by atoms with E-state index in [1.54, 1.807) is 31.2 Å². The zero-order chi connectivity index (χ0) is 25.6. The van der Waals surface area contributed by atoms with Crippen LogP contribution in [0.25, 0.3) is 6.08 Å². The fourth-order valence-electron chi connectivity index (χ4n) is 3.16. The Balaban J connectivity index is 1.96. The number of carboxylic acid groups (broad SMARTS) is 1. The van der Waals surface area contributed by atoms with E-state index in [-0.39, 0.29) is 29.7 Å². The molecule has 186 valence electrons. The molecule has 1 heterocycles. The van der Waals surface area contributed by atoms with Gasteiger partial charge in [0, 0.05) is 12.6 Å². The van der Waals surface area contributed by atoms with Gasteiger partial charge in [-0.3, -0.25) is 4.31 Å². The summed E-state index contributed by atoms with van der Waals surface area (Å²) in [5.41, 5.74) is 0.140. The van der Waals surface area contributed by atoms with Gasteiger partial charge in [-0.05, 0) is 54.0 Å². The summed E-state index contributed by atoms with van der Waals surface area (Å²) >= 11 is 0. The van der Waals surface area contributed by atoms with Crippen LogP contribution in [0.1, 0.15) is 30.0 Å². The number of rotatable bonds is 10. The van der Waals surface area contributed by atoms with Crippen molar-refractivity contribution in [2.75, 3.05) is 10.8 Å². The first-order chi connectivity index (χ1) is 16.5. The van der Waals surface area contributed by atoms with Crippen molar-refractivity contribution in [3.63, 3.8) is 0 Å². The van der Waals surface area contributed by atoms with Crippen molar-refractivity contribution in [2.45, 2.75) is 31.2 Å². The lowest BCUT2D eigenvalue weighted by molar-refractivity contribution is -0.137. The Morgan fingerprint density at radius 2 is 1.86 bits per heavy atom. The van der Waals surface area contributed by atoms with Gasteiger partial charge in [0.2, 0.25) is 5.09 Å². The molecule has 2 aromatic carbocycles. The van der Waals surface area contributed by atoms with Crippen molar-refractivity contribution in [1.29, 1.82) is 0 Å². The summed E-state index contributed by atoms with van der Waals surface area (Å²) in [5.74, 6) is -1.37. The topological polar surface area (TPSA) is 97.0 Å². The van der Waals surface area contributed by atoms with Gasteiger partial charge < -0.3 is 14.3 Å². The second-order valence-corrected chi connectivity index (χ2v) is 9.18. The Morgan fingerprint density at radius 1 is 1.14 bits per heavy atom. The first-order valence-electron chi connectivity index (χ1n) is 10.4. The molecule has 0 radical (unpaired) electrons. The lowest BCUT2D eigenvalue weighted by atomic mass is 10.1. The summed E-state index contributed by atoms with van der Waals surface area (Å²) in [6.07, 6.45) is -0.728. The Kier molecular flexibility index (Phi) is 7.90. The van der Waals surface area contributed by atoms with E-state index in [1.165, 1.54) is 24.5 Å². The third kappa shape index (κ3) is 6.44. The number of ether oxygens (including phenoxy) is 1. The summed E-state index contributed by atoms with van der Waals surface area (Å²) in [5, 5.41) is 8.36. The van der Waals surface area contributed by atoms with Crippen LogP contribution in [0.4, 0.5) is 18.9 Å². The third-order valence-electron chi connectivity index (χ3n) is 4.81. The largest absolute Gasteiger partial charge is 0.487 e. The Bertz CT molecular complexity index is 1280. The molecule has 3 aromatic rings. The monoisotopic (exact) mass is 509 g/mol. The third-order valence-corrected chi connectivity index (χ3v) is 6.51. The zero-order valence-electron chi connectivity index (χ0n) is 18.5. The predicted molar refractivity (Wildman–Crippen MR) is 122 cm³/mol. The summed E-state index contributed by atoms with van der Waals surface area (Å²) < 4.78 is 78.2. The molecule has 1 aromatic heterocycles. The van der Waals surface area contributed by atoms with Gasteiger partial charge in [0.25, 0.3) is 10.0 Å². The second kappa shape index (κ2) is 10.7. The van der Waals surface area contributed by atoms with Crippen LogP contribution < -0.4 is 9.04 Å². The summed E-state index contributed by atoms with van der Waals surface area (Å²) in [6, 6.07) is 11.8. The van der Waals surface area contributed by atoms with Gasteiger partial charge in [-0.1, -0.05) is 31.2 Å². The molecule has 0 bridgehead atoms. The Hall–Kier alpha value is -3.73. The van der Waals surface area contributed by atoms with Gasteiger partial charge >= 0.3 is 12.1 Å². The fourth-order valence-corrected chi connectivity index (χ4v) is 4.64. The number of halogens is 3. The van der Waals surface area contributed by atoms with Crippen LogP contribution in [0, 0.1) is 0 Å². The van der Waals surface area contributed by atoms with Gasteiger partial charge in [-0.2, -0.15) is 21.6 Å². The number of hydrogen-bond donors (Lipinski definition) is 1. The normalized spacial score (nSPS) is 12.1. The summed E-state index contributed by atoms with van der Waals surface area (Å²) in [7, 11) is -4.20. The van der Waals surface area contributed by atoms with E-state index in [9.17, 15) is 26.4 Å². The highest BCUT2D eigenvalue weighted by atomic mass is 32.2. The number of hydrogen-bond acceptors (Lipinski definition) is 5. The number of alkyl halides is 3. The SMILES string of the molecule is CCCN(c1ccc(C(F)(F)F)cc1OCc1ccc(/C=C/C(=O)O)cc1)S(=O)(=O)c1ccco1. The van der Waals surface area contributed by atoms with Gasteiger partial charge in [0.1, 0.15) is 12.4 Å². The van der Waals surface area contributed by atoms with Crippen LogP contribution in [0.2, 0.25) is 0 Å². The molecule has 0 aliphatic carbocycles. The van der Waals surface area contributed by atoms with Crippen LogP contribution >= 0.6 is 0 Å². The second-order valence-electron chi connectivity index (χ2n) is 7.39. The molecule has 7 nitrogen and oxygen atoms in total. The minimum absolute atomic E-state index is 0.0185. The smallest absolute Gasteiger partial charge is 0.416 e. The van der Waals surface area contributed by atoms with Crippen molar-refractivity contribution >= 4 is 27.8 Å². The van der Waals surface area contributed by atoms with Crippen molar-refractivity contribution in [3.8, 4) is 5.75 Å². The molecular formula is C24H22F3NO6S. The number of aliphatic carboxylic acids is 1. The number of carbonyl (C=O) groups is 1. The molecule has 0 unspecified atom stereocenters. The molecule has 0 fully saturated rings. The molecule has 3 rings (SSSR count). The quantitative estimate of drug-likeness (QED) is 0.359. The van der Waals surface area contributed by atoms with Crippen LogP contribution in [-0.4, -0.2) is 26.0 Å². The van der Waals surface area contributed by atoms with Crippen LogP contribution in [0.15, 0.2) is 76.4 Å². The molecule has 0 atom stereocenters. The van der Waals surface area contributed by atoms with E-state index in [1.807, 2.05) is 0 Å². The van der Waals surface area contributed by atoms with Crippen molar-refractivity contribution in [2.24, 2.45) is 0 Å². The first kappa shape index (κ1) is 25.9. The van der Waals surface area contributed by atoms with Crippen LogP contribution in [-0.2, 0) is 27.6 Å². The van der Waals surface area contributed by atoms with E-state index in [4.69, 9.17) is 14.3 Å². The van der Waals surface area contributed by atoms with E-state index in [2.05, 4.69) is 0 Å². The molecule has 0 saturated carbocycles. The minimum Gasteiger partial charge on any atom is -0.487 e. The first-order valence-corrected chi connectivity index (χ1v) is 11.9. The maximum absolute atomic E-state index is 13.4. The van der Waals surface area contributed by atoms with E-state index in [0.717, 1.165) is 28.6 Å². The number of benzene rings is 2. The molecule has 35 heavy (non-hydrogen) atoms. The summed E-state index contributed by atoms with van der Waals surface area (Å²) in [6.45, 7) is 1.56. The predicted octanol–water partition coefficient (Wildman–Crippen LogP) is 5.58. The van der Waals surface area contributed by atoms with Gasteiger partial charge in [0.05, 0.1) is 17.5 Å². The van der Waals surface area contributed by atoms with Crippen molar-refractivity contribution in [3.05, 3.63) is 83.6 Å². The molecule has 0 amide bonds. The zero-order valence-corrected chi connectivity index (χ0v) is 19.3. The van der Waals surface area contributed by atoms with Gasteiger partial charge in [-0.25, -0.2) is 4.79 Å². The van der Waals surface area contributed by atoms with E-state index in [0.29, 0.717) is 17.5 Å². The molecular weight excluding hydrogens is 487 g/mol. The highest BCUT2D eigenvalue weighted by molar-refractivity contribution is 7.92. The highest BCUT2D eigenvalue weighted by Crippen LogP contribution is 2.39. The number of carboxylic acids is 1. The number of furan rings is 1. The molecule has 0 aliphatic rings. The minimum atomic E-state index is -4.66. The van der Waals surface area contributed by atoms with Gasteiger partial charge in [-0.15, -0.1) is 0 Å². The van der Waals surface area contributed by atoms with Crippen molar-refractivity contribution < 1.29 is 40.6 Å². The van der Waals surface area contributed by atoms with E-state index < -0.39 is 27.7 Å². The highest BCUT2D eigenvalue weighted by Gasteiger charge is 2.34. The lowest BCUT2D eigenvalue weighted by Crippen LogP contribution is -2.32. The lowest BCUT2D eigenvalue weighted by Gasteiger charge is -2.25. The maximum Gasteiger partial charge on any atom is 0.416 e. The number of nitrogens with zero attached hydrogens (tertiary/aromatic N) is 1. The molecule has 0 saturated heterocycles. The molecule has 0 aliphatic heterocycles. The van der Waals surface area contributed by atoms with E-state index >= 15 is 0 Å². The molecule has 0 spiro atoms. The average Bonchev–Trinajstić information content (AvgIpc) is 3.36.